The van der Waals surface area contributed by atoms with Gasteiger partial charge in [0.25, 0.3) is 11.8 Å². The van der Waals surface area contributed by atoms with Crippen LogP contribution < -0.4 is 0 Å². The molecule has 0 N–H and O–H groups in total. The molecule has 186 valence electrons. The third-order valence-electron chi connectivity index (χ3n) is 10.8. The van der Waals surface area contributed by atoms with Crippen molar-refractivity contribution >= 4 is 18.3 Å². The van der Waals surface area contributed by atoms with Crippen molar-refractivity contribution in [1.29, 1.82) is 0 Å². The minimum Gasteiger partial charge on any atom is -0.334 e. The molecule has 5 heteroatoms. The second kappa shape index (κ2) is 10.1. The summed E-state index contributed by atoms with van der Waals surface area (Å²) in [6.45, 7) is 7.87. The molecule has 0 spiro atoms. The normalized spacial score (nSPS) is 42.0. The van der Waals surface area contributed by atoms with Gasteiger partial charge in [0.15, 0.2) is 0 Å². The van der Waals surface area contributed by atoms with Crippen molar-refractivity contribution in [3.63, 3.8) is 0 Å². The fourth-order valence-corrected chi connectivity index (χ4v) is 9.05. The highest BCUT2D eigenvalue weighted by molar-refractivity contribution is 6.01. The lowest BCUT2D eigenvalue weighted by Crippen LogP contribution is -2.52. The SMILES string of the molecule is CCCCC1CCC2C3CCC4CCCCC4(C)C3CCC12C.O=CON1C(=O)CCC1=O. The lowest BCUT2D eigenvalue weighted by atomic mass is 9.45. The lowest BCUT2D eigenvalue weighted by molar-refractivity contribution is -0.188. The molecule has 5 fully saturated rings. The number of hydroxylamine groups is 2. The zero-order valence-corrected chi connectivity index (χ0v) is 21.2. The Morgan fingerprint density at radius 1 is 0.909 bits per heavy atom. The van der Waals surface area contributed by atoms with Gasteiger partial charge < -0.3 is 4.84 Å². The quantitative estimate of drug-likeness (QED) is 0.350. The van der Waals surface area contributed by atoms with E-state index in [-0.39, 0.29) is 19.3 Å². The van der Waals surface area contributed by atoms with Crippen molar-refractivity contribution in [1.82, 2.24) is 5.06 Å². The molecule has 1 aliphatic heterocycles. The highest BCUT2D eigenvalue weighted by Gasteiger charge is 2.59. The Kier molecular flexibility index (Phi) is 7.55. The average molecular weight is 460 g/mol. The summed E-state index contributed by atoms with van der Waals surface area (Å²) in [5, 5.41) is 0.479. The number of fused-ring (bicyclic) bond motifs is 5. The molecule has 4 saturated carbocycles. The summed E-state index contributed by atoms with van der Waals surface area (Å²) in [5.41, 5.74) is 1.44. The number of nitrogens with zero attached hydrogens (tertiary/aromatic N) is 1. The van der Waals surface area contributed by atoms with E-state index in [0.717, 1.165) is 35.0 Å². The van der Waals surface area contributed by atoms with Crippen molar-refractivity contribution in [2.24, 2.45) is 40.4 Å². The molecule has 1 saturated heterocycles. The summed E-state index contributed by atoms with van der Waals surface area (Å²) in [6.07, 6.45) is 20.3. The average Bonchev–Trinajstić information content (AvgIpc) is 3.31. The molecule has 1 heterocycles. The first-order chi connectivity index (χ1) is 15.8. The molecule has 5 aliphatic rings. The van der Waals surface area contributed by atoms with E-state index in [4.69, 9.17) is 0 Å². The van der Waals surface area contributed by atoms with E-state index >= 15 is 0 Å². The maximum absolute atomic E-state index is 10.6. The second-order valence-electron chi connectivity index (χ2n) is 12.1. The first kappa shape index (κ1) is 24.7. The van der Waals surface area contributed by atoms with Crippen LogP contribution in [0.15, 0.2) is 0 Å². The van der Waals surface area contributed by atoms with Gasteiger partial charge in [-0.1, -0.05) is 46.5 Å². The van der Waals surface area contributed by atoms with Crippen LogP contribution in [-0.4, -0.2) is 23.3 Å². The second-order valence-corrected chi connectivity index (χ2v) is 12.1. The Morgan fingerprint density at radius 3 is 2.33 bits per heavy atom. The van der Waals surface area contributed by atoms with Crippen LogP contribution in [0.3, 0.4) is 0 Å². The molecule has 0 aromatic carbocycles. The summed E-state index contributed by atoms with van der Waals surface area (Å²) >= 11 is 0. The Bertz CT molecular complexity index is 721. The van der Waals surface area contributed by atoms with Gasteiger partial charge >= 0.3 is 6.47 Å². The molecule has 33 heavy (non-hydrogen) atoms. The van der Waals surface area contributed by atoms with Crippen LogP contribution in [0.25, 0.3) is 0 Å². The summed E-state index contributed by atoms with van der Waals surface area (Å²) in [6, 6.07) is 0. The van der Waals surface area contributed by atoms with Crippen molar-refractivity contribution in [3.05, 3.63) is 0 Å². The van der Waals surface area contributed by atoms with E-state index in [1.54, 1.807) is 51.4 Å². The number of rotatable bonds is 5. The van der Waals surface area contributed by atoms with Crippen LogP contribution in [0, 0.1) is 40.4 Å². The van der Waals surface area contributed by atoms with Gasteiger partial charge in [-0.3, -0.25) is 14.4 Å². The number of hydrogen-bond donors (Lipinski definition) is 0. The van der Waals surface area contributed by atoms with Crippen LogP contribution in [0.4, 0.5) is 0 Å². The topological polar surface area (TPSA) is 63.7 Å². The Morgan fingerprint density at radius 2 is 1.64 bits per heavy atom. The maximum Gasteiger partial charge on any atom is 0.321 e. The molecule has 4 aliphatic carbocycles. The monoisotopic (exact) mass is 459 g/mol. The number of imide groups is 1. The standard InChI is InChI=1S/C23H40.C5H5NO4/c1-4-5-8-17-11-13-20-19-12-10-18-9-6-7-15-22(18,2)21(19)14-16-23(17,20)3;7-3-10-6-4(8)1-2-5(6)9/h17-21H,4-16H2,1-3H3;3H,1-2H2. The minimum absolute atomic E-state index is 0.0567. The lowest BCUT2D eigenvalue weighted by Gasteiger charge is -2.60. The molecule has 2 amide bonds. The number of unbranched alkanes of at least 4 members (excludes halogenated alkanes) is 1. The third kappa shape index (κ3) is 4.50. The summed E-state index contributed by atoms with van der Waals surface area (Å²) in [5.74, 6) is 4.49. The van der Waals surface area contributed by atoms with Crippen molar-refractivity contribution in [3.8, 4) is 0 Å². The number of carbonyl (C=O) groups excluding carboxylic acids is 3. The molecule has 5 rings (SSSR count). The van der Waals surface area contributed by atoms with E-state index in [2.05, 4.69) is 25.6 Å². The Hall–Kier alpha value is -1.39. The first-order valence-corrected chi connectivity index (χ1v) is 13.8. The van der Waals surface area contributed by atoms with Gasteiger partial charge in [0.1, 0.15) is 0 Å². The van der Waals surface area contributed by atoms with Crippen molar-refractivity contribution in [2.45, 2.75) is 117 Å². The van der Waals surface area contributed by atoms with E-state index < -0.39 is 11.8 Å². The van der Waals surface area contributed by atoms with Crippen LogP contribution in [-0.2, 0) is 19.2 Å². The maximum atomic E-state index is 10.6. The number of hydrogen-bond acceptors (Lipinski definition) is 4. The van der Waals surface area contributed by atoms with Gasteiger partial charge in [-0.2, -0.15) is 0 Å². The summed E-state index contributed by atoms with van der Waals surface area (Å²) in [7, 11) is 0. The highest BCUT2D eigenvalue weighted by atomic mass is 16.7. The summed E-state index contributed by atoms with van der Waals surface area (Å²) in [4.78, 5) is 35.0. The van der Waals surface area contributed by atoms with Crippen LogP contribution in [0.1, 0.15) is 117 Å². The molecule has 0 aromatic heterocycles. The van der Waals surface area contributed by atoms with Gasteiger partial charge in [-0.25, -0.2) is 0 Å². The predicted octanol–water partition coefficient (Wildman–Crippen LogP) is 6.45. The molecule has 7 atom stereocenters. The van der Waals surface area contributed by atoms with Crippen molar-refractivity contribution in [2.75, 3.05) is 0 Å². The molecule has 5 nitrogen and oxygen atoms in total. The van der Waals surface area contributed by atoms with E-state index in [1.807, 2.05) is 0 Å². The molecule has 0 aromatic rings. The molecular weight excluding hydrogens is 414 g/mol. The fraction of sp³-hybridized carbons (Fsp3) is 0.893. The van der Waals surface area contributed by atoms with Crippen LogP contribution in [0.5, 0.6) is 0 Å². The number of amides is 2. The Balaban J connectivity index is 0.000000219. The van der Waals surface area contributed by atoms with Gasteiger partial charge in [0.2, 0.25) is 0 Å². The van der Waals surface area contributed by atoms with E-state index in [9.17, 15) is 14.4 Å². The van der Waals surface area contributed by atoms with Gasteiger partial charge in [0.05, 0.1) is 0 Å². The highest BCUT2D eigenvalue weighted by Crippen LogP contribution is 2.67. The summed E-state index contributed by atoms with van der Waals surface area (Å²) < 4.78 is 0. The van der Waals surface area contributed by atoms with Crippen LogP contribution >= 0.6 is 0 Å². The number of carbonyl (C=O) groups is 3. The third-order valence-corrected chi connectivity index (χ3v) is 10.8. The predicted molar refractivity (Wildman–Crippen MR) is 128 cm³/mol. The largest absolute Gasteiger partial charge is 0.334 e. The molecule has 7 unspecified atom stereocenters. The first-order valence-electron chi connectivity index (χ1n) is 13.8. The fourth-order valence-electron chi connectivity index (χ4n) is 9.05. The van der Waals surface area contributed by atoms with E-state index in [1.165, 1.54) is 32.1 Å². The smallest absolute Gasteiger partial charge is 0.321 e. The Labute approximate surface area is 200 Å². The molecule has 0 radical (unpaired) electrons. The van der Waals surface area contributed by atoms with Gasteiger partial charge in [-0.05, 0) is 98.2 Å². The van der Waals surface area contributed by atoms with E-state index in [0.29, 0.717) is 10.5 Å². The van der Waals surface area contributed by atoms with Crippen molar-refractivity contribution < 1.29 is 19.2 Å². The zero-order valence-electron chi connectivity index (χ0n) is 21.2. The minimum atomic E-state index is -0.461. The molecule has 0 bridgehead atoms. The van der Waals surface area contributed by atoms with Gasteiger partial charge in [-0.15, -0.1) is 5.06 Å². The van der Waals surface area contributed by atoms with Gasteiger partial charge in [0, 0.05) is 12.8 Å². The van der Waals surface area contributed by atoms with Crippen LogP contribution in [0.2, 0.25) is 0 Å². The molecular formula is C28H45NO4. The zero-order chi connectivity index (χ0) is 23.6.